The molecule has 0 bridgehead atoms. The summed E-state index contributed by atoms with van der Waals surface area (Å²) in [6, 6.07) is 3.81. The molecule has 0 atom stereocenters. The van der Waals surface area contributed by atoms with Gasteiger partial charge in [0.25, 0.3) is 0 Å². The summed E-state index contributed by atoms with van der Waals surface area (Å²) < 4.78 is 4.84. The number of allylic oxidation sites excluding steroid dienone is 10. The van der Waals surface area contributed by atoms with Crippen LogP contribution in [-0.2, 0) is 9.53 Å². The van der Waals surface area contributed by atoms with Gasteiger partial charge < -0.3 is 4.74 Å². The molecule has 3 nitrogen and oxygen atoms in total. The zero-order valence-electron chi connectivity index (χ0n) is 12.3. The number of hydrogen-bond acceptors (Lipinski definition) is 3. The van der Waals surface area contributed by atoms with Crippen LogP contribution in [0, 0.1) is 0 Å². The fourth-order valence-corrected chi connectivity index (χ4v) is 1.86. The first-order valence-electron chi connectivity index (χ1n) is 6.90. The summed E-state index contributed by atoms with van der Waals surface area (Å²) in [6.07, 6.45) is 22.2. The Hall–Kier alpha value is -2.94. The second kappa shape index (κ2) is 8.37. The first-order chi connectivity index (χ1) is 10.8. The van der Waals surface area contributed by atoms with E-state index in [-0.39, 0.29) is 5.97 Å². The van der Waals surface area contributed by atoms with E-state index in [0.29, 0.717) is 5.57 Å². The number of aromatic nitrogens is 1. The molecule has 0 amide bonds. The summed E-state index contributed by atoms with van der Waals surface area (Å²) in [4.78, 5) is 16.0. The number of ether oxygens (including phenoxy) is 1. The smallest absolute Gasteiger partial charge is 0.337 e. The van der Waals surface area contributed by atoms with Crippen molar-refractivity contribution in [3.8, 4) is 0 Å². The van der Waals surface area contributed by atoms with Crippen molar-refractivity contribution in [2.24, 2.45) is 0 Å². The summed E-state index contributed by atoms with van der Waals surface area (Å²) in [7, 11) is 1.37. The number of hydrogen-bond donors (Lipinski definition) is 0. The molecule has 0 saturated carbocycles. The van der Waals surface area contributed by atoms with E-state index in [0.717, 1.165) is 11.1 Å². The molecule has 0 saturated heterocycles. The fourth-order valence-electron chi connectivity index (χ4n) is 1.86. The van der Waals surface area contributed by atoms with E-state index >= 15 is 0 Å². The van der Waals surface area contributed by atoms with Gasteiger partial charge in [0.05, 0.1) is 12.7 Å². The second-order valence-electron chi connectivity index (χ2n) is 4.47. The summed E-state index contributed by atoms with van der Waals surface area (Å²) in [5.74, 6) is -0.379. The zero-order chi connectivity index (χ0) is 15.6. The maximum Gasteiger partial charge on any atom is 0.337 e. The van der Waals surface area contributed by atoms with Crippen molar-refractivity contribution < 1.29 is 9.53 Å². The molecule has 1 aromatic rings. The minimum atomic E-state index is -0.379. The maximum atomic E-state index is 11.9. The normalized spacial score (nSPS) is 25.1. The molecule has 1 heterocycles. The van der Waals surface area contributed by atoms with Crippen molar-refractivity contribution in [1.82, 2.24) is 4.98 Å². The molecule has 110 valence electrons. The Bertz CT molecular complexity index is 689. The maximum absolute atomic E-state index is 11.9. The highest BCUT2D eigenvalue weighted by atomic mass is 16.5. The Balaban J connectivity index is 2.50. The molecule has 0 fully saturated rings. The first-order valence-corrected chi connectivity index (χ1v) is 6.90. The van der Waals surface area contributed by atoms with Crippen molar-refractivity contribution in [3.05, 3.63) is 96.4 Å². The summed E-state index contributed by atoms with van der Waals surface area (Å²) >= 11 is 0. The number of methoxy groups -OCH3 is 1. The van der Waals surface area contributed by atoms with Crippen LogP contribution in [0.25, 0.3) is 5.57 Å². The van der Waals surface area contributed by atoms with Gasteiger partial charge in [-0.25, -0.2) is 4.79 Å². The van der Waals surface area contributed by atoms with Crippen LogP contribution in [0.4, 0.5) is 0 Å². The predicted molar refractivity (Wildman–Crippen MR) is 88.9 cm³/mol. The third kappa shape index (κ3) is 4.56. The van der Waals surface area contributed by atoms with Crippen molar-refractivity contribution >= 4 is 11.5 Å². The highest BCUT2D eigenvalue weighted by molar-refractivity contribution is 5.95. The van der Waals surface area contributed by atoms with Crippen LogP contribution in [0.3, 0.4) is 0 Å². The molecule has 0 radical (unpaired) electrons. The monoisotopic (exact) mass is 291 g/mol. The molecular formula is C19H17NO2. The van der Waals surface area contributed by atoms with Crippen molar-refractivity contribution in [1.29, 1.82) is 0 Å². The van der Waals surface area contributed by atoms with Crippen LogP contribution in [0.2, 0.25) is 0 Å². The minimum Gasteiger partial charge on any atom is -0.465 e. The highest BCUT2D eigenvalue weighted by Gasteiger charge is 2.08. The largest absolute Gasteiger partial charge is 0.465 e. The lowest BCUT2D eigenvalue weighted by atomic mass is 10.0. The van der Waals surface area contributed by atoms with E-state index in [2.05, 4.69) is 4.98 Å². The fraction of sp³-hybridized carbons (Fsp3) is 0.0526. The molecular weight excluding hydrogens is 274 g/mol. The number of esters is 1. The third-order valence-corrected chi connectivity index (χ3v) is 2.95. The first kappa shape index (κ1) is 15.4. The number of pyridine rings is 1. The lowest BCUT2D eigenvalue weighted by Gasteiger charge is -2.04. The standard InChI is InChI=1S/C19H17NO2/c1-22-19(21)17-11-8-6-4-2-3-5-7-10-16(14-17)18-12-9-13-20-15-18/h2-15H,1H3/b3-2-,4-2?,5-3?,6-4-,7-5-,8-6?,10-7?,11-8-,16-10+,16-14?,17-11?,17-14+. The molecule has 1 aliphatic rings. The molecule has 0 unspecified atom stereocenters. The molecule has 1 aromatic heterocycles. The summed E-state index contributed by atoms with van der Waals surface area (Å²) in [6.45, 7) is 0. The van der Waals surface area contributed by atoms with Gasteiger partial charge in [-0.15, -0.1) is 0 Å². The van der Waals surface area contributed by atoms with Crippen LogP contribution in [0.15, 0.2) is 90.9 Å². The van der Waals surface area contributed by atoms with Crippen LogP contribution in [0.5, 0.6) is 0 Å². The van der Waals surface area contributed by atoms with Gasteiger partial charge in [0, 0.05) is 18.0 Å². The van der Waals surface area contributed by atoms with Gasteiger partial charge in [-0.1, -0.05) is 54.7 Å². The van der Waals surface area contributed by atoms with Gasteiger partial charge in [0.1, 0.15) is 0 Å². The summed E-state index contributed by atoms with van der Waals surface area (Å²) in [5, 5.41) is 0. The van der Waals surface area contributed by atoms with E-state index in [1.165, 1.54) is 7.11 Å². The van der Waals surface area contributed by atoms with Crippen molar-refractivity contribution in [2.45, 2.75) is 0 Å². The second-order valence-corrected chi connectivity index (χ2v) is 4.47. The van der Waals surface area contributed by atoms with Crippen LogP contribution < -0.4 is 0 Å². The van der Waals surface area contributed by atoms with Crippen LogP contribution >= 0.6 is 0 Å². The van der Waals surface area contributed by atoms with Gasteiger partial charge in [-0.05, 0) is 23.8 Å². The number of carbonyl (C=O) groups is 1. The van der Waals surface area contributed by atoms with Crippen LogP contribution in [0.1, 0.15) is 5.56 Å². The molecule has 0 N–H and O–H groups in total. The van der Waals surface area contributed by atoms with E-state index < -0.39 is 0 Å². The molecule has 2 rings (SSSR count). The van der Waals surface area contributed by atoms with Crippen molar-refractivity contribution in [2.75, 3.05) is 7.11 Å². The number of nitrogens with zero attached hydrogens (tertiary/aromatic N) is 1. The minimum absolute atomic E-state index is 0.379. The SMILES string of the molecule is COC(=O)C1=C/C(c2cccnc2)=C\C=C/C=C\C=C/C=C\1. The molecule has 0 aliphatic heterocycles. The molecule has 22 heavy (non-hydrogen) atoms. The van der Waals surface area contributed by atoms with Gasteiger partial charge >= 0.3 is 5.97 Å². The number of carbonyl (C=O) groups excluding carboxylic acids is 1. The van der Waals surface area contributed by atoms with E-state index in [1.807, 2.05) is 54.7 Å². The Labute approximate surface area is 130 Å². The Morgan fingerprint density at radius 1 is 1.05 bits per heavy atom. The van der Waals surface area contributed by atoms with E-state index in [1.54, 1.807) is 30.6 Å². The quantitative estimate of drug-likeness (QED) is 0.778. The molecule has 0 aromatic carbocycles. The lowest BCUT2D eigenvalue weighted by molar-refractivity contribution is -0.135. The average Bonchev–Trinajstić information content (AvgIpc) is 2.55. The van der Waals surface area contributed by atoms with Gasteiger partial charge in [0.2, 0.25) is 0 Å². The molecule has 1 aliphatic carbocycles. The number of rotatable bonds is 2. The Morgan fingerprint density at radius 2 is 1.77 bits per heavy atom. The average molecular weight is 291 g/mol. The Morgan fingerprint density at radius 3 is 2.45 bits per heavy atom. The van der Waals surface area contributed by atoms with Gasteiger partial charge in [-0.2, -0.15) is 0 Å². The van der Waals surface area contributed by atoms with E-state index in [4.69, 9.17) is 4.74 Å². The van der Waals surface area contributed by atoms with Gasteiger partial charge in [-0.3, -0.25) is 4.98 Å². The van der Waals surface area contributed by atoms with Crippen LogP contribution in [-0.4, -0.2) is 18.1 Å². The lowest BCUT2D eigenvalue weighted by Crippen LogP contribution is -2.03. The molecule has 0 spiro atoms. The Kier molecular flexibility index (Phi) is 5.88. The topological polar surface area (TPSA) is 39.2 Å². The highest BCUT2D eigenvalue weighted by Crippen LogP contribution is 2.18. The summed E-state index contributed by atoms with van der Waals surface area (Å²) in [5.41, 5.74) is 2.28. The van der Waals surface area contributed by atoms with Crippen molar-refractivity contribution in [3.63, 3.8) is 0 Å². The predicted octanol–water partition coefficient (Wildman–Crippen LogP) is 3.80. The van der Waals surface area contributed by atoms with Gasteiger partial charge in [0.15, 0.2) is 0 Å². The van der Waals surface area contributed by atoms with E-state index in [9.17, 15) is 4.79 Å². The molecule has 3 heteroatoms. The zero-order valence-corrected chi connectivity index (χ0v) is 12.3. The third-order valence-electron chi connectivity index (χ3n) is 2.95.